The molecule has 1 aromatic carbocycles. The zero-order valence-electron chi connectivity index (χ0n) is 38.1. The van der Waals surface area contributed by atoms with Crippen molar-refractivity contribution in [2.24, 2.45) is 0 Å². The van der Waals surface area contributed by atoms with Gasteiger partial charge in [-0.05, 0) is 133 Å². The molecule has 1 aromatic rings. The first-order valence-electron chi connectivity index (χ1n) is 19.6. The summed E-state index contributed by atoms with van der Waals surface area (Å²) in [5, 5.41) is 19.8. The molecular formula is C40H74Cl2FeN7O6S2. The quantitative estimate of drug-likeness (QED) is 0.0602. The van der Waals surface area contributed by atoms with Crippen LogP contribution < -0.4 is 0 Å². The van der Waals surface area contributed by atoms with Gasteiger partial charge in [-0.15, -0.1) is 11.4 Å². The summed E-state index contributed by atoms with van der Waals surface area (Å²) in [5.41, 5.74) is -0.437. The topological polar surface area (TPSA) is 190 Å². The predicted molar refractivity (Wildman–Crippen MR) is 236 cm³/mol. The van der Waals surface area contributed by atoms with Gasteiger partial charge in [0.15, 0.2) is 0 Å². The van der Waals surface area contributed by atoms with E-state index in [-0.39, 0.29) is 38.5 Å². The number of halogens is 2. The molecule has 0 aliphatic heterocycles. The van der Waals surface area contributed by atoms with E-state index in [0.29, 0.717) is 0 Å². The summed E-state index contributed by atoms with van der Waals surface area (Å²) in [6.45, 7) is 56.7. The fraction of sp³-hybridized carbons (Fsp3) is 0.750. The maximum absolute atomic E-state index is 12.2. The molecule has 2 unspecified atom stereocenters. The molecule has 1 radical (unpaired) electrons. The molecule has 18 heteroatoms. The Balaban J connectivity index is -0.000000174. The second kappa shape index (κ2) is 35.0. The molecule has 0 aliphatic carbocycles. The van der Waals surface area contributed by atoms with Crippen molar-refractivity contribution >= 4 is 68.6 Å². The summed E-state index contributed by atoms with van der Waals surface area (Å²) in [6, 6.07) is 2.25. The van der Waals surface area contributed by atoms with E-state index in [0.717, 1.165) is 39.8 Å². The van der Waals surface area contributed by atoms with Crippen molar-refractivity contribution in [1.82, 2.24) is 0 Å². The van der Waals surface area contributed by atoms with Crippen molar-refractivity contribution in [3.63, 3.8) is 0 Å². The second-order valence-corrected chi connectivity index (χ2v) is 17.7. The molecule has 2 atom stereocenters. The Hall–Kier alpha value is -1.66. The number of amides is 2. The van der Waals surface area contributed by atoms with E-state index < -0.39 is 43.5 Å². The van der Waals surface area contributed by atoms with E-state index in [2.05, 4.69) is 93.7 Å². The van der Waals surface area contributed by atoms with Crippen LogP contribution in [0.1, 0.15) is 111 Å². The average Bonchev–Trinajstić information content (AvgIpc) is 3.22. The molecule has 13 nitrogen and oxygen atoms in total. The number of nitrogens with zero attached hydrogens (tertiary/aromatic N) is 7. The van der Waals surface area contributed by atoms with E-state index in [1.165, 1.54) is 92.0 Å². The van der Waals surface area contributed by atoms with Crippen molar-refractivity contribution in [2.45, 2.75) is 120 Å². The van der Waals surface area contributed by atoms with Crippen LogP contribution in [0.5, 0.6) is 0 Å². The molecule has 0 saturated heterocycles. The van der Waals surface area contributed by atoms with Crippen LogP contribution >= 0.6 is 23.2 Å². The summed E-state index contributed by atoms with van der Waals surface area (Å²) < 4.78 is 44.8. The Morgan fingerprint density at radius 2 is 0.690 bits per heavy atom. The first-order chi connectivity index (χ1) is 26.4. The normalized spacial score (nSPS) is 12.1. The maximum Gasteiger partial charge on any atom is 3.00 e. The third-order valence-corrected chi connectivity index (χ3v) is 14.1. The van der Waals surface area contributed by atoms with Gasteiger partial charge in [0.2, 0.25) is 0 Å². The Labute approximate surface area is 379 Å². The average molecular weight is 940 g/mol. The second-order valence-electron chi connectivity index (χ2n) is 13.9. The summed E-state index contributed by atoms with van der Waals surface area (Å²) in [4.78, 5) is 24.3. The van der Waals surface area contributed by atoms with Crippen LogP contribution in [-0.2, 0) is 48.8 Å². The van der Waals surface area contributed by atoms with Crippen LogP contribution in [0.2, 0.25) is 10.0 Å². The number of carbonyl (C=O) groups is 2. The third-order valence-electron chi connectivity index (χ3n) is 11.4. The molecule has 1 rings (SSSR count). The number of quaternary nitrogens is 3. The molecule has 339 valence electrons. The Bertz CT molecular complexity index is 1200. The summed E-state index contributed by atoms with van der Waals surface area (Å²) >= 11 is 6.23. The van der Waals surface area contributed by atoms with E-state index >= 15 is 0 Å². The molecule has 0 fully saturated rings. The molecular weight excluding hydrogens is 865 g/mol. The van der Waals surface area contributed by atoms with Gasteiger partial charge in [0, 0.05) is 0 Å². The molecule has 0 heterocycles. The summed E-state index contributed by atoms with van der Waals surface area (Å²) in [6.07, 6.45) is 0. The van der Waals surface area contributed by atoms with E-state index in [1.807, 2.05) is 0 Å². The largest absolute Gasteiger partial charge is 3.00 e. The first-order valence-corrected chi connectivity index (χ1v) is 22.5. The standard InChI is InChI=1S/C14H18Cl2N2O6S2.3C8H20N.2CN.Fe/c1-13(2,25(21)22)11(19)17-9-5-7(15)8(16)6-10(9)18-12(20)14(3,4)26(23)24;3*1-5-9(6-2,7-3)8-4;2*1-2;/h5-6H,1-4H3,(H4,17,18,19,20,21,22,23,24);3*5-8H2,1-4H3;;;/q;3*+1;2*-1;+3/p-4. The molecule has 0 spiro atoms. The van der Waals surface area contributed by atoms with Gasteiger partial charge in [-0.2, -0.15) is 0 Å². The van der Waals surface area contributed by atoms with Crippen LogP contribution in [0.4, 0.5) is 11.4 Å². The smallest absolute Gasteiger partial charge is 0.772 e. The molecule has 0 aliphatic rings. The minimum atomic E-state index is -2.76. The van der Waals surface area contributed by atoms with Gasteiger partial charge in [0.1, 0.15) is 0 Å². The zero-order chi connectivity index (χ0) is 46.4. The number of benzene rings is 1. The number of hydrogen-bond donors (Lipinski definition) is 0. The van der Waals surface area contributed by atoms with E-state index in [1.54, 1.807) is 0 Å². The van der Waals surface area contributed by atoms with Crippen molar-refractivity contribution in [2.75, 3.05) is 78.5 Å². The summed E-state index contributed by atoms with van der Waals surface area (Å²) in [5.74, 6) is -2.06. The number of rotatable bonds is 18. The van der Waals surface area contributed by atoms with Crippen molar-refractivity contribution in [1.29, 1.82) is 10.5 Å². The Morgan fingerprint density at radius 1 is 0.534 bits per heavy atom. The third kappa shape index (κ3) is 22.8. The van der Waals surface area contributed by atoms with Crippen molar-refractivity contribution < 1.29 is 57.6 Å². The van der Waals surface area contributed by atoms with Gasteiger partial charge < -0.3 is 66.4 Å². The Morgan fingerprint density at radius 3 is 0.793 bits per heavy atom. The minimum absolute atomic E-state index is 0. The number of carbonyl (C=O) groups excluding carboxylic acids is 2. The van der Waals surface area contributed by atoms with E-state index in [4.69, 9.17) is 46.9 Å². The fourth-order valence-corrected chi connectivity index (χ4v) is 6.05. The van der Waals surface area contributed by atoms with Crippen LogP contribution in [0, 0.1) is 23.7 Å². The number of hydrogen-bond acceptors (Lipinski definition) is 8. The van der Waals surface area contributed by atoms with Crippen molar-refractivity contribution in [3.8, 4) is 0 Å². The maximum atomic E-state index is 12.2. The van der Waals surface area contributed by atoms with Gasteiger partial charge in [0.25, 0.3) is 0 Å². The van der Waals surface area contributed by atoms with Crippen molar-refractivity contribution in [3.05, 3.63) is 46.0 Å². The van der Waals surface area contributed by atoms with Crippen LogP contribution in [-0.4, -0.2) is 131 Å². The molecule has 58 heavy (non-hydrogen) atoms. The van der Waals surface area contributed by atoms with Crippen LogP contribution in [0.3, 0.4) is 0 Å². The fourth-order valence-electron chi connectivity index (χ4n) is 5.36. The van der Waals surface area contributed by atoms with E-state index in [9.17, 15) is 27.1 Å². The zero-order valence-corrected chi connectivity index (χ0v) is 42.4. The van der Waals surface area contributed by atoms with Gasteiger partial charge in [-0.1, -0.05) is 35.3 Å². The van der Waals surface area contributed by atoms with Crippen LogP contribution in [0.15, 0.2) is 12.1 Å². The van der Waals surface area contributed by atoms with Gasteiger partial charge >= 0.3 is 17.1 Å². The molecule has 0 aromatic heterocycles. The van der Waals surface area contributed by atoms with Gasteiger partial charge in [-0.3, -0.25) is 8.42 Å². The SMILES string of the molecule is CC(C)(C(=O)[N-]c1cc(Cl)c(Cl)cc1[N-]C(=O)C(C)(C)S(=O)[O-])S(=O)[O-].CC[N+](CC)(CC)CC.CC[N+](CC)(CC)CC.CC[N+](CC)(CC)CC.[C-]#N.[C-]#N.[Fe+3]. The van der Waals surface area contributed by atoms with Gasteiger partial charge in [0.05, 0.1) is 110 Å². The molecule has 0 saturated carbocycles. The molecule has 2 amide bonds. The monoisotopic (exact) mass is 938 g/mol. The molecule has 0 N–H and O–H groups in total. The first kappa shape index (κ1) is 68.1. The predicted octanol–water partition coefficient (Wildman–Crippen LogP) is 9.21. The van der Waals surface area contributed by atoms with Gasteiger partial charge in [-0.25, -0.2) is 0 Å². The molecule has 0 bridgehead atoms. The van der Waals surface area contributed by atoms with Crippen LogP contribution in [0.25, 0.3) is 10.6 Å². The summed E-state index contributed by atoms with van der Waals surface area (Å²) in [7, 11) is 0. The Kier molecular flexibility index (Phi) is 41.1. The minimum Gasteiger partial charge on any atom is -0.772 e.